The normalized spacial score (nSPS) is 11.0. The second-order valence-electron chi connectivity index (χ2n) is 5.90. The zero-order valence-corrected chi connectivity index (χ0v) is 13.6. The Bertz CT molecular complexity index is 666. The Morgan fingerprint density at radius 2 is 1.29 bits per heavy atom. The number of rotatable bonds is 7. The molecule has 0 heterocycles. The maximum Gasteiger partial charge on any atom is 0.170 e. The lowest BCUT2D eigenvalue weighted by Gasteiger charge is -2.12. The van der Waals surface area contributed by atoms with Crippen LogP contribution in [0.5, 0.6) is 0 Å². The fourth-order valence-electron chi connectivity index (χ4n) is 2.71. The first-order valence-corrected chi connectivity index (χ1v) is 8.18. The van der Waals surface area contributed by atoms with Gasteiger partial charge < -0.3 is 5.73 Å². The monoisotopic (exact) mass is 339 g/mol. The van der Waals surface area contributed by atoms with Gasteiger partial charge in [-0.15, -0.1) is 0 Å². The number of unbranched alkanes of at least 4 members (excludes halogenated alkanes) is 4. The molecule has 2 aromatic carbocycles. The third-order valence-electron chi connectivity index (χ3n) is 4.08. The summed E-state index contributed by atoms with van der Waals surface area (Å²) in [7, 11) is 0. The zero-order valence-electron chi connectivity index (χ0n) is 13.6. The quantitative estimate of drug-likeness (QED) is 0.284. The van der Waals surface area contributed by atoms with Gasteiger partial charge in [0.1, 0.15) is 0 Å². The minimum absolute atomic E-state index is 0.0166. The van der Waals surface area contributed by atoms with Gasteiger partial charge in [-0.05, 0) is 30.5 Å². The average molecular weight is 339 g/mol. The SMILES string of the molecule is CCCCCCCc1c(F)c(F)c(-c2ccc(N)cc2)c(F)c1F. The van der Waals surface area contributed by atoms with Crippen molar-refractivity contribution < 1.29 is 17.6 Å². The molecule has 0 saturated heterocycles. The number of nitrogens with two attached hydrogens (primary N) is 1. The van der Waals surface area contributed by atoms with Crippen LogP contribution < -0.4 is 5.73 Å². The topological polar surface area (TPSA) is 26.0 Å². The molecule has 2 rings (SSSR count). The molecule has 0 aliphatic heterocycles. The highest BCUT2D eigenvalue weighted by Crippen LogP contribution is 2.33. The fourth-order valence-corrected chi connectivity index (χ4v) is 2.71. The summed E-state index contributed by atoms with van der Waals surface area (Å²) in [5.74, 6) is -5.34. The van der Waals surface area contributed by atoms with Crippen molar-refractivity contribution in [3.63, 3.8) is 0 Å². The highest BCUT2D eigenvalue weighted by Gasteiger charge is 2.25. The summed E-state index contributed by atoms with van der Waals surface area (Å²) < 4.78 is 57.1. The Kier molecular flexibility index (Phi) is 6.23. The molecule has 0 fully saturated rings. The average Bonchev–Trinajstić information content (AvgIpc) is 2.57. The standard InChI is InChI=1S/C19H21F4N/c1-2-3-4-5-6-7-14-16(20)18(22)15(19(23)17(14)21)12-8-10-13(24)11-9-12/h8-11H,2-7,24H2,1H3. The Balaban J connectivity index is 2.31. The summed E-state index contributed by atoms with van der Waals surface area (Å²) in [6.07, 6.45) is 4.26. The van der Waals surface area contributed by atoms with Crippen LogP contribution in [0.1, 0.15) is 44.6 Å². The first-order chi connectivity index (χ1) is 11.5. The highest BCUT2D eigenvalue weighted by molar-refractivity contribution is 5.67. The van der Waals surface area contributed by atoms with Crippen LogP contribution in [0.15, 0.2) is 24.3 Å². The van der Waals surface area contributed by atoms with Gasteiger partial charge in [0.2, 0.25) is 0 Å². The van der Waals surface area contributed by atoms with Gasteiger partial charge >= 0.3 is 0 Å². The van der Waals surface area contributed by atoms with Crippen molar-refractivity contribution in [2.45, 2.75) is 45.4 Å². The predicted molar refractivity (Wildman–Crippen MR) is 88.6 cm³/mol. The third kappa shape index (κ3) is 3.89. The van der Waals surface area contributed by atoms with Crippen molar-refractivity contribution >= 4 is 5.69 Å². The Labute approximate surface area is 139 Å². The molecule has 0 aromatic heterocycles. The van der Waals surface area contributed by atoms with E-state index in [2.05, 4.69) is 6.92 Å². The van der Waals surface area contributed by atoms with Crippen LogP contribution in [0.25, 0.3) is 11.1 Å². The second kappa shape index (κ2) is 8.18. The van der Waals surface area contributed by atoms with Crippen molar-refractivity contribution in [2.24, 2.45) is 0 Å². The zero-order chi connectivity index (χ0) is 17.7. The van der Waals surface area contributed by atoms with Crippen molar-refractivity contribution in [3.8, 4) is 11.1 Å². The van der Waals surface area contributed by atoms with Crippen LogP contribution in [0.3, 0.4) is 0 Å². The number of hydrogen-bond donors (Lipinski definition) is 1. The molecule has 0 amide bonds. The number of benzene rings is 2. The van der Waals surface area contributed by atoms with Gasteiger partial charge in [0.25, 0.3) is 0 Å². The summed E-state index contributed by atoms with van der Waals surface area (Å²) in [6, 6.07) is 5.51. The second-order valence-corrected chi connectivity index (χ2v) is 5.90. The van der Waals surface area contributed by atoms with Crippen molar-refractivity contribution in [1.29, 1.82) is 0 Å². The molecule has 0 radical (unpaired) electrons. The molecule has 0 atom stereocenters. The molecule has 1 nitrogen and oxygen atoms in total. The summed E-state index contributed by atoms with van der Waals surface area (Å²) in [5.41, 5.74) is 4.75. The largest absolute Gasteiger partial charge is 0.399 e. The molecule has 2 aromatic rings. The summed E-state index contributed by atoms with van der Waals surface area (Å²) >= 11 is 0. The van der Waals surface area contributed by atoms with E-state index in [4.69, 9.17) is 5.73 Å². The summed E-state index contributed by atoms with van der Waals surface area (Å²) in [5, 5.41) is 0. The minimum atomic E-state index is -1.36. The Hall–Kier alpha value is -2.04. The van der Waals surface area contributed by atoms with E-state index >= 15 is 0 Å². The molecule has 0 aliphatic rings. The van der Waals surface area contributed by atoms with E-state index in [-0.39, 0.29) is 12.0 Å². The Morgan fingerprint density at radius 3 is 1.83 bits per heavy atom. The molecule has 5 heteroatoms. The van der Waals surface area contributed by atoms with Crippen LogP contribution in [0.2, 0.25) is 0 Å². The van der Waals surface area contributed by atoms with Gasteiger partial charge in [0.15, 0.2) is 23.3 Å². The summed E-state index contributed by atoms with van der Waals surface area (Å²) in [6.45, 7) is 2.06. The lowest BCUT2D eigenvalue weighted by atomic mass is 9.98. The van der Waals surface area contributed by atoms with Gasteiger partial charge in [0.05, 0.1) is 5.56 Å². The molecular weight excluding hydrogens is 318 g/mol. The van der Waals surface area contributed by atoms with E-state index in [1.165, 1.54) is 24.3 Å². The molecule has 130 valence electrons. The fraction of sp³-hybridized carbons (Fsp3) is 0.368. The lowest BCUT2D eigenvalue weighted by molar-refractivity contribution is 0.439. The van der Waals surface area contributed by atoms with Crippen molar-refractivity contribution in [1.82, 2.24) is 0 Å². The van der Waals surface area contributed by atoms with Crippen LogP contribution in [0, 0.1) is 23.3 Å². The van der Waals surface area contributed by atoms with Crippen molar-refractivity contribution in [3.05, 3.63) is 53.1 Å². The molecule has 0 aliphatic carbocycles. The van der Waals surface area contributed by atoms with E-state index in [9.17, 15) is 17.6 Å². The van der Waals surface area contributed by atoms with E-state index in [1.54, 1.807) is 0 Å². The maximum atomic E-state index is 14.3. The Morgan fingerprint density at radius 1 is 0.750 bits per heavy atom. The molecule has 0 spiro atoms. The van der Waals surface area contributed by atoms with Gasteiger partial charge in [-0.2, -0.15) is 0 Å². The van der Waals surface area contributed by atoms with Crippen molar-refractivity contribution in [2.75, 3.05) is 5.73 Å². The van der Waals surface area contributed by atoms with E-state index in [0.717, 1.165) is 25.7 Å². The van der Waals surface area contributed by atoms with Crippen LogP contribution in [-0.2, 0) is 6.42 Å². The van der Waals surface area contributed by atoms with Gasteiger partial charge in [-0.1, -0.05) is 44.7 Å². The van der Waals surface area contributed by atoms with Crippen LogP contribution in [0.4, 0.5) is 23.2 Å². The van der Waals surface area contributed by atoms with Gasteiger partial charge in [-0.25, -0.2) is 17.6 Å². The van der Waals surface area contributed by atoms with E-state index in [1.807, 2.05) is 0 Å². The number of hydrogen-bond acceptors (Lipinski definition) is 1. The molecule has 0 bridgehead atoms. The smallest absolute Gasteiger partial charge is 0.170 e. The minimum Gasteiger partial charge on any atom is -0.399 e. The predicted octanol–water partition coefficient (Wildman–Crippen LogP) is 6.01. The first-order valence-electron chi connectivity index (χ1n) is 8.18. The van der Waals surface area contributed by atoms with Crippen LogP contribution >= 0.6 is 0 Å². The van der Waals surface area contributed by atoms with E-state index < -0.39 is 34.4 Å². The molecular formula is C19H21F4N. The first kappa shape index (κ1) is 18.3. The van der Waals surface area contributed by atoms with Crippen LogP contribution in [-0.4, -0.2) is 0 Å². The van der Waals surface area contributed by atoms with Gasteiger partial charge in [0, 0.05) is 11.3 Å². The number of halogens is 4. The maximum absolute atomic E-state index is 14.3. The number of anilines is 1. The number of nitrogen functional groups attached to an aromatic ring is 1. The molecule has 0 saturated carbocycles. The highest BCUT2D eigenvalue weighted by atomic mass is 19.2. The summed E-state index contributed by atoms with van der Waals surface area (Å²) in [4.78, 5) is 0. The molecule has 0 unspecified atom stereocenters. The third-order valence-corrected chi connectivity index (χ3v) is 4.08. The molecule has 2 N–H and O–H groups in total. The van der Waals surface area contributed by atoms with Gasteiger partial charge in [-0.3, -0.25) is 0 Å². The molecule has 24 heavy (non-hydrogen) atoms. The lowest BCUT2D eigenvalue weighted by Crippen LogP contribution is -2.06. The van der Waals surface area contributed by atoms with E-state index in [0.29, 0.717) is 12.1 Å².